The van der Waals surface area contributed by atoms with Crippen molar-refractivity contribution in [3.05, 3.63) is 35.7 Å². The lowest BCUT2D eigenvalue weighted by atomic mass is 10.1. The number of halogens is 3. The smallest absolute Gasteiger partial charge is 0.268 e. The van der Waals surface area contributed by atoms with Crippen molar-refractivity contribution in [1.82, 2.24) is 10.2 Å². The highest BCUT2D eigenvalue weighted by Crippen LogP contribution is 2.38. The molecule has 0 aliphatic rings. The van der Waals surface area contributed by atoms with Crippen molar-refractivity contribution in [3.63, 3.8) is 0 Å². The minimum Gasteiger partial charge on any atom is -0.416 e. The van der Waals surface area contributed by atoms with Gasteiger partial charge in [-0.05, 0) is 17.7 Å². The Morgan fingerprint density at radius 3 is 2.24 bits per heavy atom. The van der Waals surface area contributed by atoms with Gasteiger partial charge in [0.15, 0.2) is 0 Å². The third-order valence-electron chi connectivity index (χ3n) is 2.05. The van der Waals surface area contributed by atoms with Crippen molar-refractivity contribution >= 4 is 34.8 Å². The van der Waals surface area contributed by atoms with Crippen LogP contribution in [0.3, 0.4) is 0 Å². The summed E-state index contributed by atoms with van der Waals surface area (Å²) in [7, 11) is 0. The number of aliphatic hydroxyl groups excluding tert-OH is 1. The summed E-state index contributed by atoms with van der Waals surface area (Å²) in [6.07, 6.45) is 0. The molecule has 1 aromatic carbocycles. The molecule has 0 spiro atoms. The normalized spacial score (nSPS) is 11.8. The first-order valence-corrected chi connectivity index (χ1v) is 5.75. The lowest BCUT2D eigenvalue weighted by Gasteiger charge is -2.02. The van der Waals surface area contributed by atoms with Crippen LogP contribution in [-0.4, -0.2) is 15.3 Å². The molecular weight excluding hydrogens is 286 g/mol. The molecule has 1 heterocycles. The topological polar surface area (TPSA) is 59.2 Å². The first-order chi connectivity index (χ1) is 8.00. The van der Waals surface area contributed by atoms with Crippen LogP contribution < -0.4 is 0 Å². The molecular formula is C10H7Cl3N2O2. The number of aromatic nitrogens is 2. The van der Waals surface area contributed by atoms with Gasteiger partial charge in [0.05, 0.1) is 6.61 Å². The van der Waals surface area contributed by atoms with E-state index in [1.54, 1.807) is 24.3 Å². The zero-order valence-corrected chi connectivity index (χ0v) is 10.7. The minimum atomic E-state index is -1.73. The number of rotatable bonds is 2. The number of alkyl halides is 3. The second-order valence-electron chi connectivity index (χ2n) is 3.27. The molecule has 0 saturated heterocycles. The van der Waals surface area contributed by atoms with E-state index in [1.165, 1.54) is 0 Å². The van der Waals surface area contributed by atoms with Gasteiger partial charge in [-0.1, -0.05) is 46.9 Å². The van der Waals surface area contributed by atoms with Gasteiger partial charge in [-0.2, -0.15) is 0 Å². The average molecular weight is 294 g/mol. The minimum absolute atomic E-state index is 0.0243. The van der Waals surface area contributed by atoms with Gasteiger partial charge in [0.25, 0.3) is 9.68 Å². The van der Waals surface area contributed by atoms with Gasteiger partial charge >= 0.3 is 0 Å². The lowest BCUT2D eigenvalue weighted by molar-refractivity contribution is 0.282. The number of aliphatic hydroxyl groups is 1. The quantitative estimate of drug-likeness (QED) is 0.865. The summed E-state index contributed by atoms with van der Waals surface area (Å²) in [6, 6.07) is 6.96. The fourth-order valence-electron chi connectivity index (χ4n) is 1.21. The van der Waals surface area contributed by atoms with Crippen molar-refractivity contribution in [2.24, 2.45) is 0 Å². The SMILES string of the molecule is OCc1ccc(-c2nnc(C(Cl)(Cl)Cl)o2)cc1. The molecule has 90 valence electrons. The molecule has 17 heavy (non-hydrogen) atoms. The Labute approximate surface area is 112 Å². The Balaban J connectivity index is 2.30. The molecule has 0 atom stereocenters. The zero-order valence-electron chi connectivity index (χ0n) is 8.40. The largest absolute Gasteiger partial charge is 0.416 e. The van der Waals surface area contributed by atoms with Crippen LogP contribution in [0.25, 0.3) is 11.5 Å². The number of benzene rings is 1. The Morgan fingerprint density at radius 2 is 1.76 bits per heavy atom. The summed E-state index contributed by atoms with van der Waals surface area (Å²) in [4.78, 5) is 0. The highest BCUT2D eigenvalue weighted by molar-refractivity contribution is 6.66. The molecule has 0 saturated carbocycles. The van der Waals surface area contributed by atoms with E-state index in [0.717, 1.165) is 5.56 Å². The van der Waals surface area contributed by atoms with E-state index < -0.39 is 3.79 Å². The first kappa shape index (κ1) is 12.6. The molecule has 0 amide bonds. The van der Waals surface area contributed by atoms with E-state index in [0.29, 0.717) is 5.56 Å². The second kappa shape index (κ2) is 4.82. The van der Waals surface area contributed by atoms with Crippen LogP contribution in [0, 0.1) is 0 Å². The van der Waals surface area contributed by atoms with Crippen LogP contribution in [0.4, 0.5) is 0 Å². The lowest BCUT2D eigenvalue weighted by Crippen LogP contribution is -1.99. The average Bonchev–Trinajstić information content (AvgIpc) is 2.78. The van der Waals surface area contributed by atoms with Gasteiger partial charge in [0, 0.05) is 5.56 Å². The Bertz CT molecular complexity index is 505. The third-order valence-corrected chi connectivity index (χ3v) is 2.54. The molecule has 0 unspecified atom stereocenters. The molecule has 2 rings (SSSR count). The van der Waals surface area contributed by atoms with Gasteiger partial charge in [0.2, 0.25) is 5.89 Å². The highest BCUT2D eigenvalue weighted by atomic mass is 35.6. The van der Waals surface area contributed by atoms with Crippen LogP contribution >= 0.6 is 34.8 Å². The number of nitrogens with zero attached hydrogens (tertiary/aromatic N) is 2. The van der Waals surface area contributed by atoms with Crippen molar-refractivity contribution < 1.29 is 9.52 Å². The molecule has 1 N–H and O–H groups in total. The second-order valence-corrected chi connectivity index (χ2v) is 5.55. The van der Waals surface area contributed by atoms with E-state index in [9.17, 15) is 0 Å². The molecule has 0 aliphatic heterocycles. The molecule has 2 aromatic rings. The molecule has 1 aromatic heterocycles. The summed E-state index contributed by atoms with van der Waals surface area (Å²) >= 11 is 16.8. The molecule has 0 bridgehead atoms. The van der Waals surface area contributed by atoms with E-state index in [4.69, 9.17) is 44.3 Å². The highest BCUT2D eigenvalue weighted by Gasteiger charge is 2.30. The van der Waals surface area contributed by atoms with Gasteiger partial charge < -0.3 is 9.52 Å². The molecule has 0 fully saturated rings. The van der Waals surface area contributed by atoms with E-state index in [-0.39, 0.29) is 18.4 Å². The van der Waals surface area contributed by atoms with Crippen LogP contribution in [0.1, 0.15) is 11.5 Å². The molecule has 7 heteroatoms. The maximum atomic E-state index is 8.91. The van der Waals surface area contributed by atoms with E-state index in [2.05, 4.69) is 10.2 Å². The third kappa shape index (κ3) is 2.90. The Hall–Kier alpha value is -0.810. The zero-order chi connectivity index (χ0) is 12.5. The Morgan fingerprint density at radius 1 is 1.12 bits per heavy atom. The number of hydrogen-bond donors (Lipinski definition) is 1. The summed E-state index contributed by atoms with van der Waals surface area (Å²) < 4.78 is 3.50. The fourth-order valence-corrected chi connectivity index (χ4v) is 1.44. The molecule has 4 nitrogen and oxygen atoms in total. The predicted octanol–water partition coefficient (Wildman–Crippen LogP) is 3.06. The predicted molar refractivity (Wildman–Crippen MR) is 64.9 cm³/mol. The standard InChI is InChI=1S/C10H7Cl3N2O2/c11-10(12,13)9-15-14-8(17-9)7-3-1-6(5-16)2-4-7/h1-4,16H,5H2. The maximum Gasteiger partial charge on any atom is 0.268 e. The molecule has 0 radical (unpaired) electrons. The summed E-state index contributed by atoms with van der Waals surface area (Å²) in [5.41, 5.74) is 1.48. The van der Waals surface area contributed by atoms with Crippen molar-refractivity contribution in [2.75, 3.05) is 0 Å². The first-order valence-electron chi connectivity index (χ1n) is 4.61. The van der Waals surface area contributed by atoms with Crippen LogP contribution in [-0.2, 0) is 10.4 Å². The summed E-state index contributed by atoms with van der Waals surface area (Å²) in [5.74, 6) is 0.180. The van der Waals surface area contributed by atoms with E-state index >= 15 is 0 Å². The van der Waals surface area contributed by atoms with Gasteiger partial charge in [-0.25, -0.2) is 0 Å². The van der Waals surface area contributed by atoms with Crippen molar-refractivity contribution in [1.29, 1.82) is 0 Å². The van der Waals surface area contributed by atoms with E-state index in [1.807, 2.05) is 0 Å². The maximum absolute atomic E-state index is 8.91. The monoisotopic (exact) mass is 292 g/mol. The van der Waals surface area contributed by atoms with Gasteiger partial charge in [-0.15, -0.1) is 10.2 Å². The van der Waals surface area contributed by atoms with Gasteiger partial charge in [-0.3, -0.25) is 0 Å². The van der Waals surface area contributed by atoms with Gasteiger partial charge in [0.1, 0.15) is 0 Å². The molecule has 0 aliphatic carbocycles. The van der Waals surface area contributed by atoms with Crippen LogP contribution in [0.2, 0.25) is 0 Å². The number of hydrogen-bond acceptors (Lipinski definition) is 4. The van der Waals surface area contributed by atoms with Crippen molar-refractivity contribution in [3.8, 4) is 11.5 Å². The van der Waals surface area contributed by atoms with Crippen molar-refractivity contribution in [2.45, 2.75) is 10.4 Å². The fraction of sp³-hybridized carbons (Fsp3) is 0.200. The summed E-state index contributed by atoms with van der Waals surface area (Å²) in [5, 5.41) is 16.3. The van der Waals surface area contributed by atoms with Crippen LogP contribution in [0.5, 0.6) is 0 Å². The summed E-state index contributed by atoms with van der Waals surface area (Å²) in [6.45, 7) is -0.0243. The van der Waals surface area contributed by atoms with Crippen LogP contribution in [0.15, 0.2) is 28.7 Å². The Kier molecular flexibility index (Phi) is 3.58.